The average Bonchev–Trinajstić information content (AvgIpc) is 3.03. The van der Waals surface area contributed by atoms with E-state index in [1.54, 1.807) is 0 Å². The quantitative estimate of drug-likeness (QED) is 0.841. The summed E-state index contributed by atoms with van der Waals surface area (Å²) in [6.07, 6.45) is 3.54. The van der Waals surface area contributed by atoms with E-state index in [1.807, 2.05) is 0 Å². The molecule has 1 heterocycles. The van der Waals surface area contributed by atoms with Crippen LogP contribution >= 0.6 is 22.6 Å². The van der Waals surface area contributed by atoms with Crippen LogP contribution in [0.5, 0.6) is 5.75 Å². The van der Waals surface area contributed by atoms with E-state index in [9.17, 15) is 4.79 Å². The van der Waals surface area contributed by atoms with E-state index in [-0.39, 0.29) is 12.3 Å². The highest BCUT2D eigenvalue weighted by molar-refractivity contribution is 14.1. The summed E-state index contributed by atoms with van der Waals surface area (Å²) in [7, 11) is 0. The third-order valence-corrected chi connectivity index (χ3v) is 4.58. The van der Waals surface area contributed by atoms with Crippen LogP contribution in [0.25, 0.3) is 0 Å². The minimum atomic E-state index is -0.696. The highest BCUT2D eigenvalue weighted by Gasteiger charge is 2.34. The summed E-state index contributed by atoms with van der Waals surface area (Å²) in [6, 6.07) is 4.27. The molecule has 0 radical (unpaired) electrons. The fourth-order valence-corrected chi connectivity index (χ4v) is 3.60. The van der Waals surface area contributed by atoms with Gasteiger partial charge in [0.15, 0.2) is 0 Å². The lowest BCUT2D eigenvalue weighted by Gasteiger charge is -2.16. The Kier molecular flexibility index (Phi) is 3.21. The molecule has 3 nitrogen and oxygen atoms in total. The molecule has 18 heavy (non-hydrogen) atoms. The first-order valence-corrected chi connectivity index (χ1v) is 7.40. The molecule has 0 spiro atoms. The molecular weight excluding hydrogens is 343 g/mol. The SMILES string of the molecule is O=C(O)CC(c1cc(I)c2c(c1)CCO2)C1CC1. The summed E-state index contributed by atoms with van der Waals surface area (Å²) in [6.45, 7) is 0.752. The molecule has 1 aliphatic carbocycles. The van der Waals surface area contributed by atoms with E-state index >= 15 is 0 Å². The van der Waals surface area contributed by atoms with Crippen molar-refractivity contribution in [3.8, 4) is 5.75 Å². The lowest BCUT2D eigenvalue weighted by atomic mass is 9.89. The number of carboxylic acid groups (broad SMARTS) is 1. The van der Waals surface area contributed by atoms with E-state index < -0.39 is 5.97 Å². The lowest BCUT2D eigenvalue weighted by molar-refractivity contribution is -0.137. The predicted molar refractivity (Wildman–Crippen MR) is 76.1 cm³/mol. The third kappa shape index (κ3) is 2.35. The molecule has 2 aliphatic rings. The summed E-state index contributed by atoms with van der Waals surface area (Å²) in [4.78, 5) is 11.0. The summed E-state index contributed by atoms with van der Waals surface area (Å²) in [5, 5.41) is 9.06. The summed E-state index contributed by atoms with van der Waals surface area (Å²) < 4.78 is 6.72. The monoisotopic (exact) mass is 358 g/mol. The van der Waals surface area contributed by atoms with Crippen molar-refractivity contribution in [1.29, 1.82) is 0 Å². The highest BCUT2D eigenvalue weighted by Crippen LogP contribution is 2.46. The van der Waals surface area contributed by atoms with Crippen LogP contribution in [-0.2, 0) is 11.2 Å². The zero-order valence-electron chi connectivity index (χ0n) is 9.99. The second-order valence-corrected chi connectivity index (χ2v) is 6.29. The number of ether oxygens (including phenoxy) is 1. The molecule has 3 rings (SSSR count). The Labute approximate surface area is 120 Å². The fraction of sp³-hybridized carbons (Fsp3) is 0.500. The maximum absolute atomic E-state index is 11.0. The van der Waals surface area contributed by atoms with Crippen molar-refractivity contribution >= 4 is 28.6 Å². The summed E-state index contributed by atoms with van der Waals surface area (Å²) >= 11 is 2.29. The molecule has 96 valence electrons. The Morgan fingerprint density at radius 2 is 2.28 bits per heavy atom. The van der Waals surface area contributed by atoms with Gasteiger partial charge in [0.05, 0.1) is 16.6 Å². The van der Waals surface area contributed by atoms with Crippen molar-refractivity contribution in [2.24, 2.45) is 5.92 Å². The highest BCUT2D eigenvalue weighted by atomic mass is 127. The zero-order chi connectivity index (χ0) is 12.7. The Morgan fingerprint density at radius 3 is 2.94 bits per heavy atom. The predicted octanol–water partition coefficient (Wildman–Crippen LogP) is 3.19. The van der Waals surface area contributed by atoms with Gasteiger partial charge in [-0.3, -0.25) is 4.79 Å². The first-order chi connectivity index (χ1) is 8.65. The Hall–Kier alpha value is -0.780. The molecular formula is C14H15IO3. The van der Waals surface area contributed by atoms with E-state index in [0.29, 0.717) is 5.92 Å². The molecule has 0 aromatic heterocycles. The van der Waals surface area contributed by atoms with Crippen LogP contribution < -0.4 is 4.74 Å². The number of carbonyl (C=O) groups is 1. The van der Waals surface area contributed by atoms with Gasteiger partial charge in [0.2, 0.25) is 0 Å². The molecule has 1 fully saturated rings. The maximum atomic E-state index is 11.0. The van der Waals surface area contributed by atoms with Crippen molar-refractivity contribution in [2.45, 2.75) is 31.6 Å². The van der Waals surface area contributed by atoms with E-state index in [0.717, 1.165) is 22.3 Å². The molecule has 1 saturated carbocycles. The standard InChI is InChI=1S/C14H15IO3/c15-12-6-10(5-9-3-4-18-14(9)12)11(7-13(16)17)8-1-2-8/h5-6,8,11H,1-4,7H2,(H,16,17). The van der Waals surface area contributed by atoms with Crippen LogP contribution in [0, 0.1) is 9.49 Å². The van der Waals surface area contributed by atoms with Crippen molar-refractivity contribution in [3.05, 3.63) is 26.8 Å². The van der Waals surface area contributed by atoms with Crippen molar-refractivity contribution in [1.82, 2.24) is 0 Å². The number of aliphatic carboxylic acids is 1. The van der Waals surface area contributed by atoms with Gasteiger partial charge in [-0.2, -0.15) is 0 Å². The van der Waals surface area contributed by atoms with Gasteiger partial charge < -0.3 is 9.84 Å². The van der Waals surface area contributed by atoms with Gasteiger partial charge in [0.25, 0.3) is 0 Å². The molecule has 1 aromatic carbocycles. The first kappa shape index (κ1) is 12.3. The molecule has 4 heteroatoms. The number of fused-ring (bicyclic) bond motifs is 1. The van der Waals surface area contributed by atoms with Gasteiger partial charge in [-0.05, 0) is 64.5 Å². The topological polar surface area (TPSA) is 46.5 Å². The van der Waals surface area contributed by atoms with E-state index in [4.69, 9.17) is 9.84 Å². The van der Waals surface area contributed by atoms with Crippen molar-refractivity contribution in [2.75, 3.05) is 6.61 Å². The van der Waals surface area contributed by atoms with Crippen LogP contribution in [0.2, 0.25) is 0 Å². The molecule has 1 atom stereocenters. The number of carboxylic acids is 1. The molecule has 1 aliphatic heterocycles. The minimum Gasteiger partial charge on any atom is -0.492 e. The third-order valence-electron chi connectivity index (χ3n) is 3.77. The van der Waals surface area contributed by atoms with E-state index in [1.165, 1.54) is 24.0 Å². The largest absolute Gasteiger partial charge is 0.492 e. The molecule has 0 amide bonds. The summed E-state index contributed by atoms with van der Waals surface area (Å²) in [5.41, 5.74) is 2.43. The van der Waals surface area contributed by atoms with Crippen LogP contribution in [0.1, 0.15) is 36.3 Å². The van der Waals surface area contributed by atoms with E-state index in [2.05, 4.69) is 34.7 Å². The second-order valence-electron chi connectivity index (χ2n) is 5.13. The van der Waals surface area contributed by atoms with Gasteiger partial charge >= 0.3 is 5.97 Å². The molecule has 0 saturated heterocycles. The van der Waals surface area contributed by atoms with Gasteiger partial charge in [0.1, 0.15) is 5.75 Å². The fourth-order valence-electron chi connectivity index (χ4n) is 2.74. The average molecular weight is 358 g/mol. The summed E-state index contributed by atoms with van der Waals surface area (Å²) in [5.74, 6) is 1.06. The second kappa shape index (κ2) is 4.72. The van der Waals surface area contributed by atoms with Gasteiger partial charge in [-0.1, -0.05) is 6.07 Å². The van der Waals surface area contributed by atoms with Crippen LogP contribution in [0.3, 0.4) is 0 Å². The van der Waals surface area contributed by atoms with Crippen molar-refractivity contribution < 1.29 is 14.6 Å². The van der Waals surface area contributed by atoms with Crippen molar-refractivity contribution in [3.63, 3.8) is 0 Å². The Balaban J connectivity index is 1.94. The normalized spacial score (nSPS) is 19.2. The smallest absolute Gasteiger partial charge is 0.303 e. The Bertz CT molecular complexity index is 494. The molecule has 1 unspecified atom stereocenters. The number of hydrogen-bond acceptors (Lipinski definition) is 2. The number of benzene rings is 1. The van der Waals surface area contributed by atoms with Crippen LogP contribution in [0.15, 0.2) is 12.1 Å². The van der Waals surface area contributed by atoms with Crippen LogP contribution in [-0.4, -0.2) is 17.7 Å². The van der Waals surface area contributed by atoms with Gasteiger partial charge in [-0.25, -0.2) is 0 Å². The first-order valence-electron chi connectivity index (χ1n) is 6.32. The lowest BCUT2D eigenvalue weighted by Crippen LogP contribution is -2.09. The minimum absolute atomic E-state index is 0.182. The number of rotatable bonds is 4. The van der Waals surface area contributed by atoms with Gasteiger partial charge in [-0.15, -0.1) is 0 Å². The maximum Gasteiger partial charge on any atom is 0.303 e. The van der Waals surface area contributed by atoms with Gasteiger partial charge in [0, 0.05) is 6.42 Å². The Morgan fingerprint density at radius 1 is 1.50 bits per heavy atom. The number of hydrogen-bond donors (Lipinski definition) is 1. The number of halogens is 1. The molecule has 0 bridgehead atoms. The zero-order valence-corrected chi connectivity index (χ0v) is 12.1. The molecule has 1 N–H and O–H groups in total. The molecule has 1 aromatic rings. The van der Waals surface area contributed by atoms with Crippen LogP contribution in [0.4, 0.5) is 0 Å².